The minimum atomic E-state index is 0.365. The maximum atomic E-state index is 5.35. The van der Waals surface area contributed by atoms with Gasteiger partial charge in [-0.2, -0.15) is 11.8 Å². The maximum Gasteiger partial charge on any atom is 0.196 e. The van der Waals surface area contributed by atoms with Gasteiger partial charge < -0.3 is 4.74 Å². The van der Waals surface area contributed by atoms with Crippen LogP contribution >= 0.6 is 11.8 Å². The normalized spacial score (nSPS) is 27.5. The van der Waals surface area contributed by atoms with E-state index in [1.54, 1.807) is 11.8 Å². The summed E-state index contributed by atoms with van der Waals surface area (Å²) in [5.74, 6) is 0.917. The molecule has 0 radical (unpaired) electrons. The molecule has 2 atom stereocenters. The summed E-state index contributed by atoms with van der Waals surface area (Å²) in [5.41, 5.74) is 0. The fourth-order valence-electron chi connectivity index (χ4n) is 0.821. The first kappa shape index (κ1) is 7.92. The van der Waals surface area contributed by atoms with Crippen molar-refractivity contribution in [2.75, 3.05) is 12.9 Å². The molecule has 1 aliphatic heterocycles. The summed E-state index contributed by atoms with van der Waals surface area (Å²) in [6.07, 6.45) is 2.07. The zero-order valence-corrected chi connectivity index (χ0v) is 7.44. The second-order valence-corrected chi connectivity index (χ2v) is 3.68. The highest BCUT2D eigenvalue weighted by Gasteiger charge is 2.18. The van der Waals surface area contributed by atoms with Crippen LogP contribution in [0.2, 0.25) is 0 Å². The summed E-state index contributed by atoms with van der Waals surface area (Å²) in [5, 5.41) is 0.421. The number of hydrogen-bond donors (Lipinski definition) is 0. The maximum absolute atomic E-state index is 5.35. The number of nitrogens with zero attached hydrogens (tertiary/aromatic N) is 1. The van der Waals surface area contributed by atoms with Crippen molar-refractivity contribution < 1.29 is 4.74 Å². The van der Waals surface area contributed by atoms with Crippen LogP contribution in [0.5, 0.6) is 0 Å². The number of rotatable bonds is 2. The summed E-state index contributed by atoms with van der Waals surface area (Å²) in [4.78, 5) is 4.33. The molecule has 0 aromatic heterocycles. The third-order valence-electron chi connectivity index (χ3n) is 1.52. The van der Waals surface area contributed by atoms with Crippen molar-refractivity contribution in [1.82, 2.24) is 0 Å². The van der Waals surface area contributed by atoms with Crippen LogP contribution in [0, 0.1) is 0 Å². The van der Waals surface area contributed by atoms with Gasteiger partial charge in [0.25, 0.3) is 0 Å². The van der Waals surface area contributed by atoms with Crippen LogP contribution in [0.3, 0.4) is 0 Å². The predicted molar refractivity (Wildman–Crippen MR) is 45.8 cm³/mol. The van der Waals surface area contributed by atoms with Gasteiger partial charge in [0.1, 0.15) is 6.61 Å². The van der Waals surface area contributed by atoms with Crippen molar-refractivity contribution in [3.05, 3.63) is 0 Å². The van der Waals surface area contributed by atoms with E-state index in [0.29, 0.717) is 11.3 Å². The Morgan fingerprint density at radius 2 is 2.50 bits per heavy atom. The molecule has 1 heterocycles. The topological polar surface area (TPSA) is 21.6 Å². The number of aliphatic imine (C=N–C) groups is 1. The molecule has 2 unspecified atom stereocenters. The van der Waals surface area contributed by atoms with Crippen LogP contribution in [0.25, 0.3) is 0 Å². The quantitative estimate of drug-likeness (QED) is 0.609. The van der Waals surface area contributed by atoms with E-state index in [1.165, 1.54) is 0 Å². The molecule has 0 saturated carbocycles. The van der Waals surface area contributed by atoms with E-state index in [-0.39, 0.29) is 0 Å². The average molecular weight is 159 g/mol. The highest BCUT2D eigenvalue weighted by Crippen LogP contribution is 2.14. The molecule has 0 aromatic carbocycles. The lowest BCUT2D eigenvalue weighted by Crippen LogP contribution is -2.12. The molecule has 0 saturated heterocycles. The monoisotopic (exact) mass is 159 g/mol. The van der Waals surface area contributed by atoms with Crippen molar-refractivity contribution in [3.8, 4) is 0 Å². The third kappa shape index (κ3) is 1.66. The molecular weight excluding hydrogens is 146 g/mol. The van der Waals surface area contributed by atoms with Crippen molar-refractivity contribution in [3.63, 3.8) is 0 Å². The van der Waals surface area contributed by atoms with Gasteiger partial charge in [0.05, 0.1) is 11.3 Å². The lowest BCUT2D eigenvalue weighted by Gasteiger charge is -2.05. The van der Waals surface area contributed by atoms with E-state index in [9.17, 15) is 0 Å². The first-order chi connectivity index (χ1) is 4.74. The molecule has 10 heavy (non-hydrogen) atoms. The molecule has 0 spiro atoms. The van der Waals surface area contributed by atoms with Gasteiger partial charge in [-0.1, -0.05) is 0 Å². The Balaban J connectivity index is 2.48. The Morgan fingerprint density at radius 1 is 1.80 bits per heavy atom. The lowest BCUT2D eigenvalue weighted by atomic mass is 10.4. The van der Waals surface area contributed by atoms with E-state index < -0.39 is 0 Å². The first-order valence-electron chi connectivity index (χ1n) is 3.47. The minimum Gasteiger partial charge on any atom is -0.478 e. The van der Waals surface area contributed by atoms with Crippen LogP contribution in [0.4, 0.5) is 0 Å². The van der Waals surface area contributed by atoms with Crippen LogP contribution in [-0.2, 0) is 4.74 Å². The van der Waals surface area contributed by atoms with Crippen molar-refractivity contribution in [1.29, 1.82) is 0 Å². The van der Waals surface area contributed by atoms with Gasteiger partial charge in [-0.25, -0.2) is 4.99 Å². The highest BCUT2D eigenvalue weighted by molar-refractivity contribution is 7.99. The predicted octanol–water partition coefficient (Wildman–Crippen LogP) is 1.56. The van der Waals surface area contributed by atoms with Gasteiger partial charge in [0.15, 0.2) is 5.90 Å². The molecule has 0 bridgehead atoms. The Labute approximate surface area is 66.1 Å². The van der Waals surface area contributed by atoms with Gasteiger partial charge in [-0.3, -0.25) is 0 Å². The van der Waals surface area contributed by atoms with Gasteiger partial charge >= 0.3 is 0 Å². The Kier molecular flexibility index (Phi) is 2.60. The molecule has 0 amide bonds. The van der Waals surface area contributed by atoms with Gasteiger partial charge in [-0.05, 0) is 20.1 Å². The molecule has 0 aliphatic carbocycles. The summed E-state index contributed by atoms with van der Waals surface area (Å²) < 4.78 is 5.35. The minimum absolute atomic E-state index is 0.365. The SMILES string of the molecule is CSC(C)C1=NC(C)CO1. The summed E-state index contributed by atoms with van der Waals surface area (Å²) in [7, 11) is 0. The first-order valence-corrected chi connectivity index (χ1v) is 4.76. The van der Waals surface area contributed by atoms with E-state index >= 15 is 0 Å². The molecule has 1 rings (SSSR count). The van der Waals surface area contributed by atoms with Crippen molar-refractivity contribution >= 4 is 17.7 Å². The fraction of sp³-hybridized carbons (Fsp3) is 0.857. The number of hydrogen-bond acceptors (Lipinski definition) is 3. The third-order valence-corrected chi connectivity index (χ3v) is 2.43. The van der Waals surface area contributed by atoms with Crippen LogP contribution in [-0.4, -0.2) is 30.1 Å². The lowest BCUT2D eigenvalue weighted by molar-refractivity contribution is 0.318. The molecule has 0 N–H and O–H groups in total. The van der Waals surface area contributed by atoms with E-state index in [4.69, 9.17) is 4.74 Å². The largest absolute Gasteiger partial charge is 0.478 e. The van der Waals surface area contributed by atoms with E-state index in [0.717, 1.165) is 12.5 Å². The molecule has 2 nitrogen and oxygen atoms in total. The Morgan fingerprint density at radius 3 is 2.90 bits per heavy atom. The highest BCUT2D eigenvalue weighted by atomic mass is 32.2. The van der Waals surface area contributed by atoms with Gasteiger partial charge in [-0.15, -0.1) is 0 Å². The zero-order valence-electron chi connectivity index (χ0n) is 6.63. The number of thioether (sulfide) groups is 1. The average Bonchev–Trinajstić information content (AvgIpc) is 2.34. The van der Waals surface area contributed by atoms with Crippen LogP contribution in [0.15, 0.2) is 4.99 Å². The summed E-state index contributed by atoms with van der Waals surface area (Å²) in [6.45, 7) is 4.95. The molecule has 3 heteroatoms. The zero-order chi connectivity index (χ0) is 7.56. The Hall–Kier alpha value is -0.180. The number of ether oxygens (including phenoxy) is 1. The molecule has 1 aliphatic rings. The second-order valence-electron chi connectivity index (χ2n) is 2.51. The van der Waals surface area contributed by atoms with Crippen LogP contribution < -0.4 is 0 Å². The van der Waals surface area contributed by atoms with Crippen LogP contribution in [0.1, 0.15) is 13.8 Å². The van der Waals surface area contributed by atoms with Gasteiger partial charge in [0, 0.05) is 0 Å². The molecular formula is C7H13NOS. The Bertz CT molecular complexity index is 147. The van der Waals surface area contributed by atoms with Gasteiger partial charge in [0.2, 0.25) is 0 Å². The van der Waals surface area contributed by atoms with E-state index in [2.05, 4.69) is 25.1 Å². The summed E-state index contributed by atoms with van der Waals surface area (Å²) >= 11 is 1.77. The standard InChI is InChI=1S/C7H13NOS/c1-5-4-9-7(8-5)6(2)10-3/h5-6H,4H2,1-3H3. The molecule has 58 valence electrons. The van der Waals surface area contributed by atoms with E-state index in [1.807, 2.05) is 0 Å². The smallest absolute Gasteiger partial charge is 0.196 e. The molecule has 0 aromatic rings. The van der Waals surface area contributed by atoms with Crippen molar-refractivity contribution in [2.45, 2.75) is 25.1 Å². The second kappa shape index (κ2) is 3.28. The fourth-order valence-corrected chi connectivity index (χ4v) is 1.15. The van der Waals surface area contributed by atoms with Crippen molar-refractivity contribution in [2.24, 2.45) is 4.99 Å². The summed E-state index contributed by atoms with van der Waals surface area (Å²) in [6, 6.07) is 0.365. The molecule has 0 fully saturated rings.